The zero-order valence-corrected chi connectivity index (χ0v) is 20.7. The van der Waals surface area contributed by atoms with E-state index in [1.165, 1.54) is 65.0 Å². The topological polar surface area (TPSA) is 12.9 Å². The Morgan fingerprint density at radius 1 is 0.568 bits per heavy atom. The molecule has 176 valence electrons. The Kier molecular flexibility index (Phi) is 5.40. The molecule has 0 saturated carbocycles. The maximum absolute atomic E-state index is 4.61. The van der Waals surface area contributed by atoms with E-state index in [4.69, 9.17) is 0 Å². The number of pyridine rings is 1. The Labute approximate surface area is 216 Å². The fraction of sp³-hybridized carbons (Fsp3) is 0.0833. The highest BCUT2D eigenvalue weighted by Gasteiger charge is 2.16. The van der Waals surface area contributed by atoms with Crippen molar-refractivity contribution in [2.24, 2.45) is 0 Å². The second-order valence-corrected chi connectivity index (χ2v) is 9.85. The van der Waals surface area contributed by atoms with E-state index >= 15 is 0 Å². The van der Waals surface area contributed by atoms with E-state index in [0.29, 0.717) is 0 Å². The Morgan fingerprint density at radius 3 is 1.92 bits per heavy atom. The molecule has 6 aromatic rings. The standard InChI is InChI=1S/C36H27N/c1-2-4-14-31-32(15-5-3-1)36(30-19-17-26-11-7-9-13-28(26)23-30)34-24-37-21-20-33(34)35(31)29-18-16-25-10-6-8-12-27(25)22-29/h3,5-24H,1-2,4H2/b5-3-,31-14+,32-15+. The molecular weight excluding hydrogens is 446 g/mol. The van der Waals surface area contributed by atoms with Crippen molar-refractivity contribution in [2.75, 3.05) is 0 Å². The van der Waals surface area contributed by atoms with Crippen LogP contribution in [0.5, 0.6) is 0 Å². The molecule has 1 aliphatic carbocycles. The summed E-state index contributed by atoms with van der Waals surface area (Å²) >= 11 is 0. The highest BCUT2D eigenvalue weighted by molar-refractivity contribution is 6.07. The van der Waals surface area contributed by atoms with Gasteiger partial charge < -0.3 is 0 Å². The second kappa shape index (κ2) is 9.19. The Hall–Kier alpha value is -4.49. The van der Waals surface area contributed by atoms with Crippen LogP contribution < -0.4 is 10.4 Å². The molecule has 0 amide bonds. The summed E-state index contributed by atoms with van der Waals surface area (Å²) in [5.41, 5.74) is 5.05. The van der Waals surface area contributed by atoms with Gasteiger partial charge in [-0.05, 0) is 97.1 Å². The van der Waals surface area contributed by atoms with Crippen molar-refractivity contribution in [1.29, 1.82) is 0 Å². The lowest BCUT2D eigenvalue weighted by Gasteiger charge is -2.16. The smallest absolute Gasteiger partial charge is 0.0353 e. The van der Waals surface area contributed by atoms with Crippen LogP contribution >= 0.6 is 0 Å². The molecule has 37 heavy (non-hydrogen) atoms. The van der Waals surface area contributed by atoms with Crippen LogP contribution in [0.2, 0.25) is 0 Å². The third kappa shape index (κ3) is 3.84. The molecule has 7 rings (SSSR count). The number of benzene rings is 5. The predicted molar refractivity (Wildman–Crippen MR) is 159 cm³/mol. The van der Waals surface area contributed by atoms with Gasteiger partial charge in [-0.15, -0.1) is 0 Å². The fourth-order valence-electron chi connectivity index (χ4n) is 5.81. The number of rotatable bonds is 2. The molecule has 1 nitrogen and oxygen atoms in total. The van der Waals surface area contributed by atoms with Crippen LogP contribution in [-0.4, -0.2) is 4.98 Å². The minimum absolute atomic E-state index is 1.06. The molecule has 0 unspecified atom stereocenters. The van der Waals surface area contributed by atoms with Crippen molar-refractivity contribution in [1.82, 2.24) is 4.98 Å². The molecule has 0 spiro atoms. The maximum atomic E-state index is 4.61. The van der Waals surface area contributed by atoms with Crippen molar-refractivity contribution in [3.63, 3.8) is 0 Å². The third-order valence-electron chi connectivity index (χ3n) is 7.59. The Bertz CT molecular complexity index is 1960. The summed E-state index contributed by atoms with van der Waals surface area (Å²) in [6, 6.07) is 33.1. The molecular formula is C36H27N. The van der Waals surface area contributed by atoms with E-state index in [-0.39, 0.29) is 0 Å². The van der Waals surface area contributed by atoms with Crippen molar-refractivity contribution in [2.45, 2.75) is 19.3 Å². The molecule has 0 N–H and O–H groups in total. The Balaban J connectivity index is 1.64. The number of aromatic nitrogens is 1. The van der Waals surface area contributed by atoms with Gasteiger partial charge in [0.05, 0.1) is 0 Å². The molecule has 0 saturated heterocycles. The molecule has 0 fully saturated rings. The van der Waals surface area contributed by atoms with E-state index in [0.717, 1.165) is 19.3 Å². The normalized spacial score (nSPS) is 16.1. The summed E-state index contributed by atoms with van der Waals surface area (Å²) in [6.45, 7) is 0. The van der Waals surface area contributed by atoms with Crippen molar-refractivity contribution >= 4 is 44.5 Å². The summed E-state index contributed by atoms with van der Waals surface area (Å²) in [6.07, 6.45) is 16.6. The van der Waals surface area contributed by atoms with Gasteiger partial charge in [-0.1, -0.05) is 97.1 Å². The lowest BCUT2D eigenvalue weighted by Crippen LogP contribution is -2.29. The summed E-state index contributed by atoms with van der Waals surface area (Å²) in [7, 11) is 0. The van der Waals surface area contributed by atoms with Gasteiger partial charge in [-0.2, -0.15) is 0 Å². The predicted octanol–water partition coefficient (Wildman–Crippen LogP) is 8.18. The van der Waals surface area contributed by atoms with Gasteiger partial charge in [-0.25, -0.2) is 0 Å². The number of fused-ring (bicyclic) bond motifs is 4. The average Bonchev–Trinajstić information content (AvgIpc) is 3.07. The largest absolute Gasteiger partial charge is 0.264 e. The molecule has 0 radical (unpaired) electrons. The highest BCUT2D eigenvalue weighted by atomic mass is 14.6. The van der Waals surface area contributed by atoms with Gasteiger partial charge in [0.25, 0.3) is 0 Å². The summed E-state index contributed by atoms with van der Waals surface area (Å²) in [5, 5.41) is 10.1. The second-order valence-electron chi connectivity index (χ2n) is 9.85. The third-order valence-corrected chi connectivity index (χ3v) is 7.59. The lowest BCUT2D eigenvalue weighted by atomic mass is 9.87. The lowest BCUT2D eigenvalue weighted by molar-refractivity contribution is 0.893. The summed E-state index contributed by atoms with van der Waals surface area (Å²) < 4.78 is 0. The SMILES string of the molecule is C1=C\CCC/C=c2/c(-c3ccc4ccccc4c3)c3ccncc3c(-c3ccc4ccccc4c3)/c2=C/1. The zero-order chi connectivity index (χ0) is 24.6. The number of hydrogen-bond donors (Lipinski definition) is 0. The Morgan fingerprint density at radius 2 is 1.22 bits per heavy atom. The van der Waals surface area contributed by atoms with Crippen molar-refractivity contribution in [3.8, 4) is 22.3 Å². The number of hydrogen-bond acceptors (Lipinski definition) is 1. The average molecular weight is 474 g/mol. The van der Waals surface area contributed by atoms with Crippen LogP contribution in [-0.2, 0) is 0 Å². The summed E-state index contributed by atoms with van der Waals surface area (Å²) in [5.74, 6) is 0. The van der Waals surface area contributed by atoms with Crippen molar-refractivity contribution in [3.05, 3.63) is 126 Å². The quantitative estimate of drug-likeness (QED) is 0.247. The number of nitrogens with zero attached hydrogens (tertiary/aromatic N) is 1. The minimum Gasteiger partial charge on any atom is -0.264 e. The highest BCUT2D eigenvalue weighted by Crippen LogP contribution is 2.33. The first-order valence-electron chi connectivity index (χ1n) is 13.1. The van der Waals surface area contributed by atoms with Crippen LogP contribution in [0.1, 0.15) is 19.3 Å². The molecule has 0 aliphatic heterocycles. The van der Waals surface area contributed by atoms with Crippen LogP contribution in [0.3, 0.4) is 0 Å². The van der Waals surface area contributed by atoms with Gasteiger partial charge in [0.1, 0.15) is 0 Å². The van der Waals surface area contributed by atoms with Crippen LogP contribution in [0.4, 0.5) is 0 Å². The fourth-order valence-corrected chi connectivity index (χ4v) is 5.81. The molecule has 1 aromatic heterocycles. The van der Waals surface area contributed by atoms with Crippen LogP contribution in [0.25, 0.3) is 66.7 Å². The molecule has 1 heteroatoms. The molecule has 0 bridgehead atoms. The summed E-state index contributed by atoms with van der Waals surface area (Å²) in [4.78, 5) is 4.61. The van der Waals surface area contributed by atoms with E-state index in [1.807, 2.05) is 6.20 Å². The van der Waals surface area contributed by atoms with Gasteiger partial charge in [0, 0.05) is 17.8 Å². The van der Waals surface area contributed by atoms with E-state index in [2.05, 4.69) is 126 Å². The zero-order valence-electron chi connectivity index (χ0n) is 20.7. The van der Waals surface area contributed by atoms with Gasteiger partial charge in [0.15, 0.2) is 0 Å². The first kappa shape index (κ1) is 21.8. The maximum Gasteiger partial charge on any atom is 0.0353 e. The molecule has 5 aromatic carbocycles. The van der Waals surface area contributed by atoms with E-state index < -0.39 is 0 Å². The van der Waals surface area contributed by atoms with Gasteiger partial charge in [0.2, 0.25) is 0 Å². The molecule has 0 atom stereocenters. The van der Waals surface area contributed by atoms with Gasteiger partial charge in [-0.3, -0.25) is 4.98 Å². The molecule has 1 heterocycles. The van der Waals surface area contributed by atoms with Crippen molar-refractivity contribution < 1.29 is 0 Å². The first-order chi connectivity index (χ1) is 18.4. The molecule has 1 aliphatic rings. The monoisotopic (exact) mass is 473 g/mol. The van der Waals surface area contributed by atoms with Gasteiger partial charge >= 0.3 is 0 Å². The van der Waals surface area contributed by atoms with E-state index in [1.54, 1.807) is 0 Å². The van der Waals surface area contributed by atoms with Crippen LogP contribution in [0.15, 0.2) is 116 Å². The number of allylic oxidation sites excluding steroid dienone is 2. The van der Waals surface area contributed by atoms with Crippen LogP contribution in [0, 0.1) is 0 Å². The minimum atomic E-state index is 1.06. The van der Waals surface area contributed by atoms with E-state index in [9.17, 15) is 0 Å². The first-order valence-corrected chi connectivity index (χ1v) is 13.1.